The van der Waals surface area contributed by atoms with Crippen LogP contribution in [0.15, 0.2) is 12.3 Å². The maximum Gasteiger partial charge on any atom is 0.339 e. The first kappa shape index (κ1) is 12.2. The molecule has 1 aliphatic rings. The molecule has 5 heteroatoms. The monoisotopic (exact) mass is 252 g/mol. The van der Waals surface area contributed by atoms with Crippen LogP contribution in [0, 0.1) is 12.8 Å². The number of thioether (sulfide) groups is 1. The number of hydrogen-bond donors (Lipinski definition) is 2. The zero-order valence-electron chi connectivity index (χ0n) is 9.77. The molecule has 1 aromatic rings. The molecule has 0 radical (unpaired) electrons. The minimum absolute atomic E-state index is 0.290. The lowest BCUT2D eigenvalue weighted by Crippen LogP contribution is -2.17. The van der Waals surface area contributed by atoms with Crippen molar-refractivity contribution in [3.8, 4) is 0 Å². The van der Waals surface area contributed by atoms with E-state index < -0.39 is 5.97 Å². The van der Waals surface area contributed by atoms with E-state index in [1.807, 2.05) is 11.8 Å². The third-order valence-corrected chi connectivity index (χ3v) is 4.19. The molecular formula is C12H16N2O2S. The van der Waals surface area contributed by atoms with Gasteiger partial charge in [-0.25, -0.2) is 9.78 Å². The fourth-order valence-corrected chi connectivity index (χ4v) is 3.23. The van der Waals surface area contributed by atoms with E-state index in [9.17, 15) is 4.79 Å². The SMILES string of the molecule is Cc1ccnc(NCC2CCSC2)c1C(=O)O. The first-order chi connectivity index (χ1) is 8.18. The Labute approximate surface area is 105 Å². The molecule has 1 fully saturated rings. The van der Waals surface area contributed by atoms with Crippen LogP contribution in [0.25, 0.3) is 0 Å². The Bertz CT molecular complexity index is 417. The van der Waals surface area contributed by atoms with E-state index >= 15 is 0 Å². The van der Waals surface area contributed by atoms with Crippen molar-refractivity contribution in [3.05, 3.63) is 23.4 Å². The first-order valence-corrected chi connectivity index (χ1v) is 6.84. The van der Waals surface area contributed by atoms with E-state index in [4.69, 9.17) is 5.11 Å². The molecule has 4 nitrogen and oxygen atoms in total. The number of aromatic nitrogens is 1. The quantitative estimate of drug-likeness (QED) is 0.860. The van der Waals surface area contributed by atoms with Gasteiger partial charge >= 0.3 is 5.97 Å². The fourth-order valence-electron chi connectivity index (χ4n) is 1.95. The number of nitrogens with zero attached hydrogens (tertiary/aromatic N) is 1. The molecular weight excluding hydrogens is 236 g/mol. The lowest BCUT2D eigenvalue weighted by Gasteiger charge is -2.13. The number of aryl methyl sites for hydroxylation is 1. The number of hydrogen-bond acceptors (Lipinski definition) is 4. The lowest BCUT2D eigenvalue weighted by atomic mass is 10.1. The molecule has 1 unspecified atom stereocenters. The second kappa shape index (κ2) is 5.40. The van der Waals surface area contributed by atoms with Crippen molar-refractivity contribution < 1.29 is 9.90 Å². The Morgan fingerprint density at radius 1 is 1.71 bits per heavy atom. The van der Waals surface area contributed by atoms with Crippen LogP contribution in [0.3, 0.4) is 0 Å². The average Bonchev–Trinajstić information content (AvgIpc) is 2.78. The average molecular weight is 252 g/mol. The molecule has 2 heterocycles. The standard InChI is InChI=1S/C12H16N2O2S/c1-8-2-4-13-11(10(8)12(15)16)14-6-9-3-5-17-7-9/h2,4,9H,3,5-7H2,1H3,(H,13,14)(H,15,16). The largest absolute Gasteiger partial charge is 0.478 e. The van der Waals surface area contributed by atoms with Gasteiger partial charge in [-0.3, -0.25) is 0 Å². The van der Waals surface area contributed by atoms with Crippen LogP contribution in [0.4, 0.5) is 5.82 Å². The van der Waals surface area contributed by atoms with Gasteiger partial charge in [-0.2, -0.15) is 11.8 Å². The van der Waals surface area contributed by atoms with Crippen molar-refractivity contribution in [3.63, 3.8) is 0 Å². The van der Waals surface area contributed by atoms with Gasteiger partial charge in [-0.05, 0) is 42.4 Å². The van der Waals surface area contributed by atoms with Crippen molar-refractivity contribution in [1.82, 2.24) is 4.98 Å². The van der Waals surface area contributed by atoms with Gasteiger partial charge in [0.2, 0.25) is 0 Å². The Kier molecular flexibility index (Phi) is 3.89. The van der Waals surface area contributed by atoms with E-state index in [0.29, 0.717) is 11.7 Å². The van der Waals surface area contributed by atoms with Crippen molar-refractivity contribution in [2.45, 2.75) is 13.3 Å². The van der Waals surface area contributed by atoms with Gasteiger partial charge in [-0.15, -0.1) is 0 Å². The summed E-state index contributed by atoms with van der Waals surface area (Å²) >= 11 is 1.95. The highest BCUT2D eigenvalue weighted by Crippen LogP contribution is 2.24. The van der Waals surface area contributed by atoms with E-state index in [1.54, 1.807) is 19.2 Å². The summed E-state index contributed by atoms with van der Waals surface area (Å²) in [5, 5.41) is 12.3. The Morgan fingerprint density at radius 2 is 2.53 bits per heavy atom. The minimum Gasteiger partial charge on any atom is -0.478 e. The van der Waals surface area contributed by atoms with Gasteiger partial charge in [0.05, 0.1) is 0 Å². The molecule has 92 valence electrons. The number of aromatic carboxylic acids is 1. The number of carboxylic acid groups (broad SMARTS) is 1. The summed E-state index contributed by atoms with van der Waals surface area (Å²) in [6.07, 6.45) is 2.85. The lowest BCUT2D eigenvalue weighted by molar-refractivity contribution is 0.0697. The summed E-state index contributed by atoms with van der Waals surface area (Å²) < 4.78 is 0. The highest BCUT2D eigenvalue weighted by atomic mass is 32.2. The molecule has 0 bridgehead atoms. The first-order valence-electron chi connectivity index (χ1n) is 5.69. The van der Waals surface area contributed by atoms with Crippen LogP contribution >= 0.6 is 11.8 Å². The number of carbonyl (C=O) groups is 1. The van der Waals surface area contributed by atoms with E-state index in [2.05, 4.69) is 10.3 Å². The number of nitrogens with one attached hydrogen (secondary N) is 1. The van der Waals surface area contributed by atoms with Crippen molar-refractivity contribution >= 4 is 23.5 Å². The summed E-state index contributed by atoms with van der Waals surface area (Å²) in [5.74, 6) is 2.57. The predicted octanol–water partition coefficient (Wildman–Crippen LogP) is 2.25. The topological polar surface area (TPSA) is 62.2 Å². The highest BCUT2D eigenvalue weighted by molar-refractivity contribution is 7.99. The second-order valence-electron chi connectivity index (χ2n) is 4.27. The molecule has 0 aromatic carbocycles. The molecule has 17 heavy (non-hydrogen) atoms. The van der Waals surface area contributed by atoms with Gasteiger partial charge in [0.25, 0.3) is 0 Å². The van der Waals surface area contributed by atoms with Gasteiger partial charge in [0.1, 0.15) is 11.4 Å². The molecule has 1 saturated heterocycles. The number of carboxylic acids is 1. The van der Waals surface area contributed by atoms with Gasteiger partial charge in [0, 0.05) is 12.7 Å². The zero-order chi connectivity index (χ0) is 12.3. The van der Waals surface area contributed by atoms with Crippen LogP contribution < -0.4 is 5.32 Å². The summed E-state index contributed by atoms with van der Waals surface area (Å²) in [4.78, 5) is 15.3. The number of rotatable bonds is 4. The molecule has 0 amide bonds. The third-order valence-electron chi connectivity index (χ3n) is 2.96. The summed E-state index contributed by atoms with van der Waals surface area (Å²) in [6, 6.07) is 1.72. The Hall–Kier alpha value is -1.23. The van der Waals surface area contributed by atoms with Crippen molar-refractivity contribution in [1.29, 1.82) is 0 Å². The molecule has 2 rings (SSSR count). The van der Waals surface area contributed by atoms with Crippen LogP contribution in [-0.4, -0.2) is 34.1 Å². The van der Waals surface area contributed by atoms with E-state index in [0.717, 1.165) is 17.9 Å². The molecule has 0 aliphatic carbocycles. The predicted molar refractivity (Wildman–Crippen MR) is 69.9 cm³/mol. The molecule has 1 aliphatic heterocycles. The second-order valence-corrected chi connectivity index (χ2v) is 5.42. The third kappa shape index (κ3) is 2.91. The minimum atomic E-state index is -0.918. The molecule has 1 aromatic heterocycles. The van der Waals surface area contributed by atoms with Crippen LogP contribution in [-0.2, 0) is 0 Å². The Balaban J connectivity index is 2.09. The number of pyridine rings is 1. The summed E-state index contributed by atoms with van der Waals surface area (Å²) in [7, 11) is 0. The van der Waals surface area contributed by atoms with Crippen molar-refractivity contribution in [2.24, 2.45) is 5.92 Å². The normalized spacial score (nSPS) is 19.2. The molecule has 1 atom stereocenters. The molecule has 0 spiro atoms. The van der Waals surface area contributed by atoms with E-state index in [-0.39, 0.29) is 5.56 Å². The Morgan fingerprint density at radius 3 is 3.18 bits per heavy atom. The molecule has 0 saturated carbocycles. The smallest absolute Gasteiger partial charge is 0.339 e. The molecule has 2 N–H and O–H groups in total. The van der Waals surface area contributed by atoms with Gasteiger partial charge in [0.15, 0.2) is 0 Å². The summed E-state index contributed by atoms with van der Waals surface area (Å²) in [6.45, 7) is 2.60. The van der Waals surface area contributed by atoms with Gasteiger partial charge < -0.3 is 10.4 Å². The maximum atomic E-state index is 11.2. The van der Waals surface area contributed by atoms with Crippen LogP contribution in [0.5, 0.6) is 0 Å². The number of anilines is 1. The van der Waals surface area contributed by atoms with E-state index in [1.165, 1.54) is 12.2 Å². The summed E-state index contributed by atoms with van der Waals surface area (Å²) in [5.41, 5.74) is 1.04. The van der Waals surface area contributed by atoms with Crippen LogP contribution in [0.1, 0.15) is 22.3 Å². The van der Waals surface area contributed by atoms with Crippen molar-refractivity contribution in [2.75, 3.05) is 23.4 Å². The fraction of sp³-hybridized carbons (Fsp3) is 0.500. The highest BCUT2D eigenvalue weighted by Gasteiger charge is 2.18. The van der Waals surface area contributed by atoms with Crippen LogP contribution in [0.2, 0.25) is 0 Å². The maximum absolute atomic E-state index is 11.2. The zero-order valence-corrected chi connectivity index (χ0v) is 10.6. The van der Waals surface area contributed by atoms with Gasteiger partial charge in [-0.1, -0.05) is 0 Å².